The van der Waals surface area contributed by atoms with E-state index in [1.807, 2.05) is 0 Å². The zero-order valence-corrected chi connectivity index (χ0v) is 12.6. The van der Waals surface area contributed by atoms with E-state index >= 15 is 0 Å². The maximum atomic E-state index is 12.7. The molecule has 4 atom stereocenters. The summed E-state index contributed by atoms with van der Waals surface area (Å²) in [5.74, 6) is 1.69. The molecule has 19 heavy (non-hydrogen) atoms. The van der Waals surface area contributed by atoms with Gasteiger partial charge in [0, 0.05) is 25.7 Å². The quantitative estimate of drug-likeness (QED) is 0.781. The lowest BCUT2D eigenvalue weighted by Crippen LogP contribution is -2.48. The molecule has 4 nitrogen and oxygen atoms in total. The van der Waals surface area contributed by atoms with Crippen molar-refractivity contribution in [3.63, 3.8) is 0 Å². The van der Waals surface area contributed by atoms with E-state index < -0.39 is 0 Å². The third-order valence-electron chi connectivity index (χ3n) is 5.30. The first-order chi connectivity index (χ1) is 8.66. The molecule has 1 amide bonds. The number of likely N-dealkylation sites (N-methyl/N-ethyl adjacent to an activating group) is 1. The number of nitrogens with zero attached hydrogens (tertiary/aromatic N) is 2. The third kappa shape index (κ3) is 2.76. The zero-order chi connectivity index (χ0) is 12.7. The van der Waals surface area contributed by atoms with Gasteiger partial charge in [-0.1, -0.05) is 0 Å². The third-order valence-corrected chi connectivity index (χ3v) is 5.30. The van der Waals surface area contributed by atoms with Crippen molar-refractivity contribution in [1.29, 1.82) is 0 Å². The van der Waals surface area contributed by atoms with Crippen molar-refractivity contribution >= 4 is 18.3 Å². The molecule has 0 aromatic heterocycles. The number of fused-ring (bicyclic) bond motifs is 2. The lowest BCUT2D eigenvalue weighted by molar-refractivity contribution is -0.137. The highest BCUT2D eigenvalue weighted by atomic mass is 35.5. The van der Waals surface area contributed by atoms with E-state index in [1.165, 1.54) is 19.3 Å². The second-order valence-electron chi connectivity index (χ2n) is 6.42. The van der Waals surface area contributed by atoms with Crippen LogP contribution in [-0.4, -0.2) is 55.0 Å². The normalized spacial score (nSPS) is 38.9. The molecule has 0 aromatic carbocycles. The van der Waals surface area contributed by atoms with Gasteiger partial charge < -0.3 is 15.5 Å². The lowest BCUT2D eigenvalue weighted by atomic mass is 9.84. The molecule has 1 heterocycles. The Labute approximate surface area is 122 Å². The van der Waals surface area contributed by atoms with Gasteiger partial charge in [0.05, 0.1) is 5.92 Å². The van der Waals surface area contributed by atoms with E-state index in [1.54, 1.807) is 0 Å². The number of carbonyl (C=O) groups is 1. The molecule has 5 heteroatoms. The number of hydrogen-bond donors (Lipinski definition) is 1. The first-order valence-electron chi connectivity index (χ1n) is 7.39. The van der Waals surface area contributed by atoms with Gasteiger partial charge in [-0.25, -0.2) is 0 Å². The SMILES string of the molecule is CN1CCCN(C(=O)C2C3CCC(C3)C2N)CC1.Cl. The van der Waals surface area contributed by atoms with Crippen LogP contribution in [0.15, 0.2) is 0 Å². The summed E-state index contributed by atoms with van der Waals surface area (Å²) in [5, 5.41) is 0. The molecular formula is C14H26ClN3O. The molecule has 3 rings (SSSR count). The minimum absolute atomic E-state index is 0. The maximum Gasteiger partial charge on any atom is 0.227 e. The number of halogens is 1. The van der Waals surface area contributed by atoms with Gasteiger partial charge in [-0.2, -0.15) is 0 Å². The Hall–Kier alpha value is -0.320. The first-order valence-corrected chi connectivity index (χ1v) is 7.39. The highest BCUT2D eigenvalue weighted by molar-refractivity contribution is 5.85. The van der Waals surface area contributed by atoms with Crippen molar-refractivity contribution in [2.45, 2.75) is 31.7 Å². The average Bonchev–Trinajstić information content (AvgIpc) is 2.86. The average molecular weight is 288 g/mol. The van der Waals surface area contributed by atoms with Gasteiger partial charge in [0.1, 0.15) is 0 Å². The second kappa shape index (κ2) is 5.98. The predicted octanol–water partition coefficient (Wildman–Crippen LogP) is 0.946. The van der Waals surface area contributed by atoms with Crippen LogP contribution in [-0.2, 0) is 4.79 Å². The van der Waals surface area contributed by atoms with Gasteiger partial charge in [0.2, 0.25) is 5.91 Å². The molecule has 0 radical (unpaired) electrons. The Kier molecular flexibility index (Phi) is 4.75. The Morgan fingerprint density at radius 1 is 1.11 bits per heavy atom. The highest BCUT2D eigenvalue weighted by Crippen LogP contribution is 2.48. The molecule has 4 unspecified atom stereocenters. The number of hydrogen-bond acceptors (Lipinski definition) is 3. The van der Waals surface area contributed by atoms with E-state index in [0.29, 0.717) is 17.7 Å². The Bertz CT molecular complexity index is 337. The van der Waals surface area contributed by atoms with E-state index in [-0.39, 0.29) is 24.4 Å². The molecule has 110 valence electrons. The van der Waals surface area contributed by atoms with Crippen LogP contribution in [0.3, 0.4) is 0 Å². The van der Waals surface area contributed by atoms with Crippen LogP contribution >= 0.6 is 12.4 Å². The molecule has 2 saturated carbocycles. The van der Waals surface area contributed by atoms with Crippen molar-refractivity contribution < 1.29 is 4.79 Å². The summed E-state index contributed by atoms with van der Waals surface area (Å²) in [6.45, 7) is 3.91. The molecule has 1 saturated heterocycles. The smallest absolute Gasteiger partial charge is 0.227 e. The van der Waals surface area contributed by atoms with E-state index in [4.69, 9.17) is 5.73 Å². The van der Waals surface area contributed by atoms with Gasteiger partial charge >= 0.3 is 0 Å². The topological polar surface area (TPSA) is 49.6 Å². The van der Waals surface area contributed by atoms with E-state index in [9.17, 15) is 4.79 Å². The largest absolute Gasteiger partial charge is 0.341 e. The fourth-order valence-corrected chi connectivity index (χ4v) is 4.18. The number of rotatable bonds is 1. The Balaban J connectivity index is 0.00000133. The molecular weight excluding hydrogens is 262 g/mol. The molecule has 3 aliphatic rings. The molecule has 0 aromatic rings. The van der Waals surface area contributed by atoms with Gasteiger partial charge in [-0.3, -0.25) is 4.79 Å². The van der Waals surface area contributed by atoms with E-state index in [2.05, 4.69) is 16.8 Å². The Morgan fingerprint density at radius 3 is 2.53 bits per heavy atom. The molecule has 3 fully saturated rings. The summed E-state index contributed by atoms with van der Waals surface area (Å²) in [7, 11) is 2.14. The Morgan fingerprint density at radius 2 is 1.84 bits per heavy atom. The van der Waals surface area contributed by atoms with Crippen molar-refractivity contribution in [3.05, 3.63) is 0 Å². The summed E-state index contributed by atoms with van der Waals surface area (Å²) in [4.78, 5) is 17.1. The highest BCUT2D eigenvalue weighted by Gasteiger charge is 2.50. The fourth-order valence-electron chi connectivity index (χ4n) is 4.18. The summed E-state index contributed by atoms with van der Waals surface area (Å²) in [5.41, 5.74) is 6.28. The van der Waals surface area contributed by atoms with Crippen LogP contribution in [0.4, 0.5) is 0 Å². The van der Waals surface area contributed by atoms with Crippen molar-refractivity contribution in [2.24, 2.45) is 23.5 Å². The molecule has 2 N–H and O–H groups in total. The lowest BCUT2D eigenvalue weighted by Gasteiger charge is -2.32. The van der Waals surface area contributed by atoms with Crippen LogP contribution in [0, 0.1) is 17.8 Å². The summed E-state index contributed by atoms with van der Waals surface area (Å²) < 4.78 is 0. The molecule has 2 bridgehead atoms. The first kappa shape index (κ1) is 15.1. The van der Waals surface area contributed by atoms with Gasteiger partial charge in [-0.05, 0) is 51.1 Å². The van der Waals surface area contributed by atoms with Gasteiger partial charge in [0.25, 0.3) is 0 Å². The predicted molar refractivity (Wildman–Crippen MR) is 78.2 cm³/mol. The summed E-state index contributed by atoms with van der Waals surface area (Å²) in [6.07, 6.45) is 4.77. The van der Waals surface area contributed by atoms with Crippen LogP contribution in [0.2, 0.25) is 0 Å². The minimum Gasteiger partial charge on any atom is -0.341 e. The monoisotopic (exact) mass is 287 g/mol. The van der Waals surface area contributed by atoms with Gasteiger partial charge in [0.15, 0.2) is 0 Å². The number of carbonyl (C=O) groups excluding carboxylic acids is 1. The van der Waals surface area contributed by atoms with Crippen LogP contribution in [0.5, 0.6) is 0 Å². The summed E-state index contributed by atoms with van der Waals surface area (Å²) >= 11 is 0. The van der Waals surface area contributed by atoms with Crippen molar-refractivity contribution in [3.8, 4) is 0 Å². The van der Waals surface area contributed by atoms with E-state index in [0.717, 1.165) is 32.6 Å². The molecule has 1 aliphatic heterocycles. The minimum atomic E-state index is 0. The molecule has 0 spiro atoms. The van der Waals surface area contributed by atoms with Gasteiger partial charge in [-0.15, -0.1) is 12.4 Å². The van der Waals surface area contributed by atoms with Crippen LogP contribution in [0.1, 0.15) is 25.7 Å². The fraction of sp³-hybridized carbons (Fsp3) is 0.929. The van der Waals surface area contributed by atoms with Crippen LogP contribution in [0.25, 0.3) is 0 Å². The van der Waals surface area contributed by atoms with Crippen LogP contribution < -0.4 is 5.73 Å². The van der Waals surface area contributed by atoms with Crippen molar-refractivity contribution in [2.75, 3.05) is 33.2 Å². The second-order valence-corrected chi connectivity index (χ2v) is 6.42. The molecule has 2 aliphatic carbocycles. The number of amides is 1. The van der Waals surface area contributed by atoms with Crippen molar-refractivity contribution in [1.82, 2.24) is 9.80 Å². The summed E-state index contributed by atoms with van der Waals surface area (Å²) in [6, 6.07) is 0.136. The zero-order valence-electron chi connectivity index (χ0n) is 11.8. The maximum absolute atomic E-state index is 12.7. The number of nitrogens with two attached hydrogens (primary N) is 1. The standard InChI is InChI=1S/C14H25N3O.ClH/c1-16-5-2-6-17(8-7-16)14(18)12-10-3-4-11(9-10)13(12)15;/h10-13H,2-9,15H2,1H3;1H.